The van der Waals surface area contributed by atoms with Gasteiger partial charge in [0.25, 0.3) is 0 Å². The first-order valence-corrected chi connectivity index (χ1v) is 4.55. The molecule has 12 heavy (non-hydrogen) atoms. The second-order valence-corrected chi connectivity index (χ2v) is 3.72. The zero-order valence-corrected chi connectivity index (χ0v) is 8.73. The van der Waals surface area contributed by atoms with Crippen LogP contribution in [0.15, 0.2) is 23.3 Å². The molecule has 0 saturated heterocycles. The monoisotopic (exact) mass is 188 g/mol. The van der Waals surface area contributed by atoms with E-state index < -0.39 is 5.60 Å². The molecule has 0 rings (SSSR count). The average molecular weight is 189 g/mol. The highest BCUT2D eigenvalue weighted by molar-refractivity contribution is 6.25. The molecular formula is C10H17ClO. The van der Waals surface area contributed by atoms with E-state index in [1.54, 1.807) is 13.0 Å². The zero-order chi connectivity index (χ0) is 9.61. The van der Waals surface area contributed by atoms with Gasteiger partial charge in [0.2, 0.25) is 0 Å². The highest BCUT2D eigenvalue weighted by Gasteiger charge is 2.13. The number of hydrogen-bond acceptors (Lipinski definition) is 1. The van der Waals surface area contributed by atoms with Crippen LogP contribution in [-0.2, 0) is 0 Å². The van der Waals surface area contributed by atoms with Gasteiger partial charge in [-0.25, -0.2) is 0 Å². The van der Waals surface area contributed by atoms with Crippen LogP contribution in [0.25, 0.3) is 0 Å². The fourth-order valence-electron chi connectivity index (χ4n) is 0.872. The van der Waals surface area contributed by atoms with Crippen LogP contribution in [0.1, 0.15) is 33.6 Å². The summed E-state index contributed by atoms with van der Waals surface area (Å²) in [5, 5.41) is 9.63. The van der Waals surface area contributed by atoms with Crippen molar-refractivity contribution in [2.24, 2.45) is 0 Å². The Kier molecular flexibility index (Phi) is 5.27. The van der Waals surface area contributed by atoms with Crippen LogP contribution in [0.2, 0.25) is 0 Å². The molecule has 1 atom stereocenters. The molecule has 1 nitrogen and oxygen atoms in total. The van der Waals surface area contributed by atoms with Crippen LogP contribution in [-0.4, -0.2) is 10.7 Å². The number of aliphatic hydroxyl groups is 1. The minimum Gasteiger partial charge on any atom is -0.386 e. The smallest absolute Gasteiger partial charge is 0.0814 e. The van der Waals surface area contributed by atoms with Crippen molar-refractivity contribution in [3.8, 4) is 0 Å². The first kappa shape index (κ1) is 11.7. The van der Waals surface area contributed by atoms with Crippen molar-refractivity contribution < 1.29 is 5.11 Å². The van der Waals surface area contributed by atoms with Crippen LogP contribution >= 0.6 is 11.6 Å². The number of halogens is 1. The first-order chi connectivity index (χ1) is 5.48. The number of allylic oxidation sites excluding steroid dienone is 2. The Balaban J connectivity index is 3.84. The van der Waals surface area contributed by atoms with Gasteiger partial charge in [0.15, 0.2) is 0 Å². The van der Waals surface area contributed by atoms with Crippen LogP contribution in [0, 0.1) is 0 Å². The molecule has 0 spiro atoms. The van der Waals surface area contributed by atoms with Gasteiger partial charge < -0.3 is 5.11 Å². The van der Waals surface area contributed by atoms with E-state index in [4.69, 9.17) is 11.6 Å². The quantitative estimate of drug-likeness (QED) is 0.672. The third-order valence-corrected chi connectivity index (χ3v) is 1.75. The molecule has 0 saturated carbocycles. The second kappa shape index (κ2) is 5.39. The van der Waals surface area contributed by atoms with Gasteiger partial charge in [0, 0.05) is 5.54 Å². The lowest BCUT2D eigenvalue weighted by Crippen LogP contribution is -2.19. The molecule has 0 aliphatic rings. The number of rotatable bonds is 4. The summed E-state index contributed by atoms with van der Waals surface area (Å²) < 4.78 is 0. The van der Waals surface area contributed by atoms with Crippen molar-refractivity contribution >= 4 is 11.6 Å². The lowest BCUT2D eigenvalue weighted by Gasteiger charge is -2.16. The zero-order valence-electron chi connectivity index (χ0n) is 7.97. The van der Waals surface area contributed by atoms with E-state index in [0.717, 1.165) is 6.42 Å². The summed E-state index contributed by atoms with van der Waals surface area (Å²) in [5.74, 6) is 0. The maximum absolute atomic E-state index is 9.63. The van der Waals surface area contributed by atoms with Gasteiger partial charge in [-0.3, -0.25) is 0 Å². The lowest BCUT2D eigenvalue weighted by atomic mass is 10.00. The molecule has 70 valence electrons. The highest BCUT2D eigenvalue weighted by Crippen LogP contribution is 2.15. The van der Waals surface area contributed by atoms with Crippen molar-refractivity contribution in [1.29, 1.82) is 0 Å². The predicted molar refractivity (Wildman–Crippen MR) is 54.3 cm³/mol. The lowest BCUT2D eigenvalue weighted by molar-refractivity contribution is 0.103. The van der Waals surface area contributed by atoms with E-state index in [1.807, 2.05) is 13.8 Å². The SMILES string of the molecule is CC(C)=CCC[C@](C)(O)/C=C/Cl. The van der Waals surface area contributed by atoms with Crippen LogP contribution in [0.4, 0.5) is 0 Å². The molecule has 0 aliphatic heterocycles. The van der Waals surface area contributed by atoms with Gasteiger partial charge in [-0.05, 0) is 39.7 Å². The molecule has 0 aliphatic carbocycles. The fraction of sp³-hybridized carbons (Fsp3) is 0.600. The van der Waals surface area contributed by atoms with Crippen molar-refractivity contribution in [1.82, 2.24) is 0 Å². The summed E-state index contributed by atoms with van der Waals surface area (Å²) in [6.45, 7) is 5.85. The Bertz CT molecular complexity index is 176. The van der Waals surface area contributed by atoms with E-state index in [9.17, 15) is 5.11 Å². The van der Waals surface area contributed by atoms with Crippen molar-refractivity contribution in [2.75, 3.05) is 0 Å². The molecule has 0 fully saturated rings. The van der Waals surface area contributed by atoms with Crippen molar-refractivity contribution in [3.05, 3.63) is 23.3 Å². The van der Waals surface area contributed by atoms with E-state index >= 15 is 0 Å². The summed E-state index contributed by atoms with van der Waals surface area (Å²) in [4.78, 5) is 0. The Hall–Kier alpha value is -0.270. The Morgan fingerprint density at radius 2 is 2.08 bits per heavy atom. The van der Waals surface area contributed by atoms with E-state index in [2.05, 4.69) is 6.08 Å². The van der Waals surface area contributed by atoms with E-state index in [1.165, 1.54) is 11.1 Å². The Morgan fingerprint density at radius 3 is 2.50 bits per heavy atom. The Morgan fingerprint density at radius 1 is 1.50 bits per heavy atom. The van der Waals surface area contributed by atoms with Gasteiger partial charge in [0.1, 0.15) is 0 Å². The van der Waals surface area contributed by atoms with Crippen LogP contribution in [0.3, 0.4) is 0 Å². The van der Waals surface area contributed by atoms with Gasteiger partial charge >= 0.3 is 0 Å². The standard InChI is InChI=1S/C10H17ClO/c1-9(2)5-4-6-10(3,12)7-8-11/h5,7-8,12H,4,6H2,1-3H3/b8-7+/t10-/m0/s1. The van der Waals surface area contributed by atoms with Gasteiger partial charge in [-0.1, -0.05) is 23.3 Å². The van der Waals surface area contributed by atoms with E-state index in [-0.39, 0.29) is 0 Å². The second-order valence-electron chi connectivity index (χ2n) is 3.47. The Labute approximate surface area is 79.7 Å². The molecule has 0 aromatic heterocycles. The predicted octanol–water partition coefficient (Wildman–Crippen LogP) is 3.24. The third kappa shape index (κ3) is 6.44. The highest BCUT2D eigenvalue weighted by atomic mass is 35.5. The van der Waals surface area contributed by atoms with Crippen molar-refractivity contribution in [2.45, 2.75) is 39.2 Å². The van der Waals surface area contributed by atoms with Gasteiger partial charge in [-0.2, -0.15) is 0 Å². The molecule has 1 N–H and O–H groups in total. The van der Waals surface area contributed by atoms with Gasteiger partial charge in [0.05, 0.1) is 5.60 Å². The van der Waals surface area contributed by atoms with Crippen LogP contribution in [0.5, 0.6) is 0 Å². The minimum atomic E-state index is -0.770. The molecule has 0 heterocycles. The summed E-state index contributed by atoms with van der Waals surface area (Å²) in [5.41, 5.74) is 1.87. The summed E-state index contributed by atoms with van der Waals surface area (Å²) in [6.07, 6.45) is 5.31. The summed E-state index contributed by atoms with van der Waals surface area (Å²) >= 11 is 5.37. The normalized spacial score (nSPS) is 16.1. The first-order valence-electron chi connectivity index (χ1n) is 4.11. The summed E-state index contributed by atoms with van der Waals surface area (Å²) in [6, 6.07) is 0. The number of hydrogen-bond donors (Lipinski definition) is 1. The molecule has 0 unspecified atom stereocenters. The molecule has 0 aromatic rings. The molecule has 0 amide bonds. The molecule has 2 heteroatoms. The largest absolute Gasteiger partial charge is 0.386 e. The van der Waals surface area contributed by atoms with Gasteiger partial charge in [-0.15, -0.1) is 0 Å². The topological polar surface area (TPSA) is 20.2 Å². The van der Waals surface area contributed by atoms with Crippen LogP contribution < -0.4 is 0 Å². The molecular weight excluding hydrogens is 172 g/mol. The molecule has 0 bridgehead atoms. The molecule has 0 aromatic carbocycles. The summed E-state index contributed by atoms with van der Waals surface area (Å²) in [7, 11) is 0. The fourth-order valence-corrected chi connectivity index (χ4v) is 1.14. The average Bonchev–Trinajstić information content (AvgIpc) is 1.85. The van der Waals surface area contributed by atoms with E-state index in [0.29, 0.717) is 6.42 Å². The maximum atomic E-state index is 9.63. The minimum absolute atomic E-state index is 0.710. The molecule has 0 radical (unpaired) electrons. The van der Waals surface area contributed by atoms with Crippen molar-refractivity contribution in [3.63, 3.8) is 0 Å². The third-order valence-electron chi connectivity index (χ3n) is 1.63. The maximum Gasteiger partial charge on any atom is 0.0814 e.